The maximum Gasteiger partial charge on any atom is 0.222 e. The normalized spacial score (nSPS) is 26.4. The zero-order chi connectivity index (χ0) is 10.8. The fourth-order valence-electron chi connectivity index (χ4n) is 2.09. The van der Waals surface area contributed by atoms with Gasteiger partial charge in [0.1, 0.15) is 0 Å². The SMILES string of the molecule is NC(=O)C1CCN(C(=O)CC2CNC2)C1. The van der Waals surface area contributed by atoms with Crippen LogP contribution in [-0.4, -0.2) is 42.9 Å². The van der Waals surface area contributed by atoms with E-state index in [0.29, 0.717) is 25.4 Å². The molecule has 0 aliphatic carbocycles. The number of likely N-dealkylation sites (tertiary alicyclic amines) is 1. The van der Waals surface area contributed by atoms with Crippen LogP contribution in [0.5, 0.6) is 0 Å². The molecule has 0 aromatic carbocycles. The Bertz CT molecular complexity index is 276. The number of hydrogen-bond donors (Lipinski definition) is 2. The van der Waals surface area contributed by atoms with Crippen molar-refractivity contribution < 1.29 is 9.59 Å². The van der Waals surface area contributed by atoms with Crippen LogP contribution in [0.2, 0.25) is 0 Å². The molecule has 0 spiro atoms. The van der Waals surface area contributed by atoms with Gasteiger partial charge in [-0.05, 0) is 25.4 Å². The summed E-state index contributed by atoms with van der Waals surface area (Å²) in [6.07, 6.45) is 1.34. The quantitative estimate of drug-likeness (QED) is 0.624. The second kappa shape index (κ2) is 4.18. The monoisotopic (exact) mass is 211 g/mol. The van der Waals surface area contributed by atoms with Gasteiger partial charge in [-0.15, -0.1) is 0 Å². The summed E-state index contributed by atoms with van der Waals surface area (Å²) >= 11 is 0. The first-order chi connectivity index (χ1) is 7.16. The molecule has 84 valence electrons. The Morgan fingerprint density at radius 2 is 2.13 bits per heavy atom. The van der Waals surface area contributed by atoms with Gasteiger partial charge in [-0.2, -0.15) is 0 Å². The predicted molar refractivity (Wildman–Crippen MR) is 54.9 cm³/mol. The van der Waals surface area contributed by atoms with Gasteiger partial charge in [0, 0.05) is 19.5 Å². The number of hydrogen-bond acceptors (Lipinski definition) is 3. The van der Waals surface area contributed by atoms with Gasteiger partial charge in [0.25, 0.3) is 0 Å². The molecule has 2 amide bonds. The number of carbonyl (C=O) groups is 2. The predicted octanol–water partition coefficient (Wildman–Crippen LogP) is -1.07. The summed E-state index contributed by atoms with van der Waals surface area (Å²) in [6.45, 7) is 3.10. The van der Waals surface area contributed by atoms with Crippen molar-refractivity contribution >= 4 is 11.8 Å². The van der Waals surface area contributed by atoms with Crippen molar-refractivity contribution in [2.45, 2.75) is 12.8 Å². The number of rotatable bonds is 3. The summed E-state index contributed by atoms with van der Waals surface area (Å²) in [5.41, 5.74) is 5.21. The number of nitrogens with two attached hydrogens (primary N) is 1. The van der Waals surface area contributed by atoms with Gasteiger partial charge < -0.3 is 16.0 Å². The molecule has 2 aliphatic rings. The summed E-state index contributed by atoms with van der Waals surface area (Å²) in [5, 5.41) is 3.14. The number of carbonyl (C=O) groups excluding carboxylic acids is 2. The Labute approximate surface area is 89.0 Å². The lowest BCUT2D eigenvalue weighted by molar-refractivity contribution is -0.131. The Balaban J connectivity index is 1.79. The van der Waals surface area contributed by atoms with E-state index in [-0.39, 0.29) is 17.7 Å². The van der Waals surface area contributed by atoms with Crippen LogP contribution in [0.25, 0.3) is 0 Å². The van der Waals surface area contributed by atoms with Crippen LogP contribution in [0.3, 0.4) is 0 Å². The highest BCUT2D eigenvalue weighted by atomic mass is 16.2. The Kier molecular flexibility index (Phi) is 2.90. The fourth-order valence-corrected chi connectivity index (χ4v) is 2.09. The molecule has 2 fully saturated rings. The summed E-state index contributed by atoms with van der Waals surface area (Å²) in [4.78, 5) is 24.5. The molecule has 5 nitrogen and oxygen atoms in total. The van der Waals surface area contributed by atoms with E-state index in [2.05, 4.69) is 5.32 Å². The molecule has 2 rings (SSSR count). The zero-order valence-electron chi connectivity index (χ0n) is 8.74. The largest absolute Gasteiger partial charge is 0.369 e. The van der Waals surface area contributed by atoms with Gasteiger partial charge in [0.2, 0.25) is 11.8 Å². The summed E-state index contributed by atoms with van der Waals surface area (Å²) < 4.78 is 0. The molecule has 2 aliphatic heterocycles. The number of primary amides is 1. The molecule has 0 radical (unpaired) electrons. The first-order valence-electron chi connectivity index (χ1n) is 5.44. The minimum absolute atomic E-state index is 0.131. The summed E-state index contributed by atoms with van der Waals surface area (Å²) in [7, 11) is 0. The molecular weight excluding hydrogens is 194 g/mol. The molecule has 0 aromatic rings. The first-order valence-corrected chi connectivity index (χ1v) is 5.44. The average molecular weight is 211 g/mol. The van der Waals surface area contributed by atoms with E-state index in [1.165, 1.54) is 0 Å². The van der Waals surface area contributed by atoms with Crippen LogP contribution in [0.15, 0.2) is 0 Å². The Morgan fingerprint density at radius 1 is 1.40 bits per heavy atom. The molecule has 0 saturated carbocycles. The van der Waals surface area contributed by atoms with E-state index in [4.69, 9.17) is 5.73 Å². The summed E-state index contributed by atoms with van der Waals surface area (Å²) in [6, 6.07) is 0. The van der Waals surface area contributed by atoms with Gasteiger partial charge in [0.05, 0.1) is 5.92 Å². The fraction of sp³-hybridized carbons (Fsp3) is 0.800. The molecule has 5 heteroatoms. The van der Waals surface area contributed by atoms with Crippen molar-refractivity contribution in [3.05, 3.63) is 0 Å². The molecule has 3 N–H and O–H groups in total. The molecule has 1 unspecified atom stereocenters. The van der Waals surface area contributed by atoms with Crippen molar-refractivity contribution in [2.24, 2.45) is 17.6 Å². The van der Waals surface area contributed by atoms with Crippen molar-refractivity contribution in [3.8, 4) is 0 Å². The lowest BCUT2D eigenvalue weighted by Gasteiger charge is -2.28. The van der Waals surface area contributed by atoms with Crippen molar-refractivity contribution in [1.82, 2.24) is 10.2 Å². The first kappa shape index (κ1) is 10.4. The Morgan fingerprint density at radius 3 is 2.60 bits per heavy atom. The lowest BCUT2D eigenvalue weighted by Crippen LogP contribution is -2.45. The van der Waals surface area contributed by atoms with E-state index < -0.39 is 0 Å². The van der Waals surface area contributed by atoms with Gasteiger partial charge >= 0.3 is 0 Å². The van der Waals surface area contributed by atoms with Gasteiger partial charge in [0.15, 0.2) is 0 Å². The van der Waals surface area contributed by atoms with Gasteiger partial charge in [-0.25, -0.2) is 0 Å². The van der Waals surface area contributed by atoms with E-state index in [1.54, 1.807) is 4.90 Å². The van der Waals surface area contributed by atoms with Crippen LogP contribution in [0.4, 0.5) is 0 Å². The van der Waals surface area contributed by atoms with E-state index in [0.717, 1.165) is 19.5 Å². The highest BCUT2D eigenvalue weighted by Gasteiger charge is 2.31. The standard InChI is InChI=1S/C10H17N3O2/c11-10(15)8-1-2-13(6-8)9(14)3-7-4-12-5-7/h7-8,12H,1-6H2,(H2,11,15). The summed E-state index contributed by atoms with van der Waals surface area (Å²) in [5.74, 6) is 0.249. The number of nitrogens with zero attached hydrogens (tertiary/aromatic N) is 1. The smallest absolute Gasteiger partial charge is 0.222 e. The molecule has 15 heavy (non-hydrogen) atoms. The minimum atomic E-state index is -0.282. The van der Waals surface area contributed by atoms with Gasteiger partial charge in [-0.1, -0.05) is 0 Å². The highest BCUT2D eigenvalue weighted by Crippen LogP contribution is 2.19. The second-order valence-electron chi connectivity index (χ2n) is 4.46. The molecule has 0 aromatic heterocycles. The van der Waals surface area contributed by atoms with E-state index in [9.17, 15) is 9.59 Å². The van der Waals surface area contributed by atoms with Crippen molar-refractivity contribution in [3.63, 3.8) is 0 Å². The van der Waals surface area contributed by atoms with Crippen LogP contribution >= 0.6 is 0 Å². The molecule has 2 heterocycles. The van der Waals surface area contributed by atoms with Crippen LogP contribution in [0.1, 0.15) is 12.8 Å². The molecule has 2 saturated heterocycles. The van der Waals surface area contributed by atoms with E-state index >= 15 is 0 Å². The third-order valence-electron chi connectivity index (χ3n) is 3.27. The second-order valence-corrected chi connectivity index (χ2v) is 4.46. The van der Waals surface area contributed by atoms with Crippen molar-refractivity contribution in [2.75, 3.05) is 26.2 Å². The maximum absolute atomic E-state index is 11.8. The van der Waals surface area contributed by atoms with Gasteiger partial charge in [-0.3, -0.25) is 9.59 Å². The zero-order valence-corrected chi connectivity index (χ0v) is 8.74. The third kappa shape index (κ3) is 2.28. The van der Waals surface area contributed by atoms with Crippen LogP contribution in [0, 0.1) is 11.8 Å². The lowest BCUT2D eigenvalue weighted by atomic mass is 9.99. The van der Waals surface area contributed by atoms with E-state index in [1.807, 2.05) is 0 Å². The van der Waals surface area contributed by atoms with Crippen molar-refractivity contribution in [1.29, 1.82) is 0 Å². The molecule has 0 bridgehead atoms. The molecule has 1 atom stereocenters. The highest BCUT2D eigenvalue weighted by molar-refractivity contribution is 5.81. The van der Waals surface area contributed by atoms with Crippen LogP contribution in [-0.2, 0) is 9.59 Å². The number of amides is 2. The number of nitrogens with one attached hydrogen (secondary N) is 1. The molecular formula is C10H17N3O2. The maximum atomic E-state index is 11.8. The minimum Gasteiger partial charge on any atom is -0.369 e. The van der Waals surface area contributed by atoms with Crippen LogP contribution < -0.4 is 11.1 Å². The third-order valence-corrected chi connectivity index (χ3v) is 3.27. The average Bonchev–Trinajstić information content (AvgIpc) is 2.59. The Hall–Kier alpha value is -1.10. The topological polar surface area (TPSA) is 75.4 Å².